The standard InChI is InChI=1S/C25H31ClN6O/c1-18-5-3-7-23(19(18)2)30-12-14-31(15-13-30)24(20-8-10-21(26)11-9-20)25-27-28-29-32(25)17-22-6-4-16-33-22/h3,5,7-11,22,24H,4,6,12-17H2,1-2H3/t22-,24-/m1/s1. The van der Waals surface area contributed by atoms with Crippen LogP contribution >= 0.6 is 11.6 Å². The third-order valence-electron chi connectivity index (χ3n) is 6.99. The number of anilines is 1. The summed E-state index contributed by atoms with van der Waals surface area (Å²) in [6.45, 7) is 9.68. The molecule has 3 heterocycles. The number of rotatable bonds is 6. The number of hydrogen-bond donors (Lipinski definition) is 0. The second kappa shape index (κ2) is 9.79. The molecule has 2 aliphatic rings. The lowest BCUT2D eigenvalue weighted by Crippen LogP contribution is -2.48. The Hall–Kier alpha value is -2.48. The van der Waals surface area contributed by atoms with E-state index in [9.17, 15) is 0 Å². The Morgan fingerprint density at radius 1 is 1.06 bits per heavy atom. The summed E-state index contributed by atoms with van der Waals surface area (Å²) in [4.78, 5) is 4.98. The fraction of sp³-hybridized carbons (Fsp3) is 0.480. The van der Waals surface area contributed by atoms with E-state index in [4.69, 9.17) is 16.3 Å². The van der Waals surface area contributed by atoms with Crippen molar-refractivity contribution in [2.75, 3.05) is 37.7 Å². The molecule has 5 rings (SSSR count). The van der Waals surface area contributed by atoms with E-state index in [0.717, 1.165) is 62.0 Å². The van der Waals surface area contributed by atoms with Crippen molar-refractivity contribution in [3.05, 3.63) is 70.0 Å². The molecule has 7 nitrogen and oxygen atoms in total. The monoisotopic (exact) mass is 466 g/mol. The van der Waals surface area contributed by atoms with Crippen LogP contribution in [0.1, 0.15) is 41.4 Å². The third-order valence-corrected chi connectivity index (χ3v) is 7.24. The highest BCUT2D eigenvalue weighted by Crippen LogP contribution is 2.31. The Kier molecular flexibility index (Phi) is 6.62. The molecule has 2 saturated heterocycles. The minimum absolute atomic E-state index is 0.0283. The Morgan fingerprint density at radius 2 is 1.85 bits per heavy atom. The number of benzene rings is 2. The highest BCUT2D eigenvalue weighted by Gasteiger charge is 2.32. The van der Waals surface area contributed by atoms with E-state index in [2.05, 4.69) is 69.5 Å². The van der Waals surface area contributed by atoms with E-state index in [1.807, 2.05) is 16.8 Å². The van der Waals surface area contributed by atoms with Gasteiger partial charge in [-0.25, -0.2) is 4.68 Å². The number of piperazine rings is 1. The van der Waals surface area contributed by atoms with Gasteiger partial charge in [-0.15, -0.1) is 5.10 Å². The van der Waals surface area contributed by atoms with Crippen LogP contribution in [0, 0.1) is 13.8 Å². The molecular weight excluding hydrogens is 436 g/mol. The van der Waals surface area contributed by atoms with Crippen molar-refractivity contribution in [2.45, 2.75) is 45.4 Å². The van der Waals surface area contributed by atoms with Crippen LogP contribution in [0.3, 0.4) is 0 Å². The van der Waals surface area contributed by atoms with E-state index >= 15 is 0 Å². The molecule has 33 heavy (non-hydrogen) atoms. The molecular formula is C25H31ClN6O. The maximum atomic E-state index is 6.20. The van der Waals surface area contributed by atoms with Crippen molar-refractivity contribution >= 4 is 17.3 Å². The summed E-state index contributed by atoms with van der Waals surface area (Å²) in [5.74, 6) is 0.869. The van der Waals surface area contributed by atoms with Gasteiger partial charge in [0.25, 0.3) is 0 Å². The molecule has 0 spiro atoms. The lowest BCUT2D eigenvalue weighted by atomic mass is 10.0. The average molecular weight is 467 g/mol. The minimum atomic E-state index is -0.0283. The predicted octanol–water partition coefficient (Wildman–Crippen LogP) is 4.03. The van der Waals surface area contributed by atoms with Crippen LogP contribution in [0.15, 0.2) is 42.5 Å². The van der Waals surface area contributed by atoms with Crippen LogP contribution < -0.4 is 4.90 Å². The van der Waals surface area contributed by atoms with Crippen molar-refractivity contribution < 1.29 is 4.74 Å². The number of ether oxygens (including phenoxy) is 1. The zero-order chi connectivity index (χ0) is 22.8. The second-order valence-corrected chi connectivity index (χ2v) is 9.49. The first-order valence-electron chi connectivity index (χ1n) is 11.8. The molecule has 0 unspecified atom stereocenters. The van der Waals surface area contributed by atoms with Gasteiger partial charge in [-0.05, 0) is 72.0 Å². The Labute approximate surface area is 200 Å². The predicted molar refractivity (Wildman–Crippen MR) is 130 cm³/mol. The normalized spacial score (nSPS) is 20.3. The van der Waals surface area contributed by atoms with Gasteiger partial charge in [0, 0.05) is 43.5 Å². The first-order chi connectivity index (χ1) is 16.1. The van der Waals surface area contributed by atoms with Gasteiger partial charge in [-0.1, -0.05) is 35.9 Å². The van der Waals surface area contributed by atoms with Gasteiger partial charge < -0.3 is 9.64 Å². The smallest absolute Gasteiger partial charge is 0.173 e. The summed E-state index contributed by atoms with van der Waals surface area (Å²) >= 11 is 6.20. The number of aryl methyl sites for hydroxylation is 1. The summed E-state index contributed by atoms with van der Waals surface area (Å²) in [7, 11) is 0. The first-order valence-corrected chi connectivity index (χ1v) is 12.2. The maximum absolute atomic E-state index is 6.20. The average Bonchev–Trinajstić information content (AvgIpc) is 3.51. The third kappa shape index (κ3) is 4.76. The number of hydrogen-bond acceptors (Lipinski definition) is 6. The zero-order valence-electron chi connectivity index (χ0n) is 19.3. The van der Waals surface area contributed by atoms with Gasteiger partial charge in [0.05, 0.1) is 18.7 Å². The molecule has 0 bridgehead atoms. The highest BCUT2D eigenvalue weighted by atomic mass is 35.5. The largest absolute Gasteiger partial charge is 0.376 e. The van der Waals surface area contributed by atoms with E-state index in [-0.39, 0.29) is 12.1 Å². The number of halogens is 1. The molecule has 174 valence electrons. The molecule has 0 N–H and O–H groups in total. The maximum Gasteiger partial charge on any atom is 0.173 e. The van der Waals surface area contributed by atoms with Crippen molar-refractivity contribution in [3.8, 4) is 0 Å². The SMILES string of the molecule is Cc1cccc(N2CCN([C@H](c3ccc(Cl)cc3)c3nnnn3C[C@H]3CCCO3)CC2)c1C. The van der Waals surface area contributed by atoms with Crippen molar-refractivity contribution in [1.29, 1.82) is 0 Å². The Morgan fingerprint density at radius 3 is 2.58 bits per heavy atom. The van der Waals surface area contributed by atoms with E-state index in [1.165, 1.54) is 16.8 Å². The molecule has 0 aliphatic carbocycles. The molecule has 2 aliphatic heterocycles. The van der Waals surface area contributed by atoms with Gasteiger partial charge in [-0.2, -0.15) is 0 Å². The molecule has 0 radical (unpaired) electrons. The van der Waals surface area contributed by atoms with Crippen LogP contribution in [0.5, 0.6) is 0 Å². The van der Waals surface area contributed by atoms with Crippen LogP contribution in [0.25, 0.3) is 0 Å². The molecule has 8 heteroatoms. The molecule has 0 amide bonds. The zero-order valence-corrected chi connectivity index (χ0v) is 20.1. The summed E-state index contributed by atoms with van der Waals surface area (Å²) in [5, 5.41) is 13.6. The van der Waals surface area contributed by atoms with Crippen molar-refractivity contribution in [1.82, 2.24) is 25.1 Å². The van der Waals surface area contributed by atoms with E-state index in [0.29, 0.717) is 6.54 Å². The number of aromatic nitrogens is 4. The van der Waals surface area contributed by atoms with Crippen molar-refractivity contribution in [3.63, 3.8) is 0 Å². The van der Waals surface area contributed by atoms with Gasteiger partial charge in [0.1, 0.15) is 0 Å². The molecule has 2 fully saturated rings. The van der Waals surface area contributed by atoms with Gasteiger partial charge in [-0.3, -0.25) is 4.90 Å². The molecule has 0 saturated carbocycles. The fourth-order valence-electron chi connectivity index (χ4n) is 4.99. The summed E-state index contributed by atoms with van der Waals surface area (Å²) in [6.07, 6.45) is 2.34. The summed E-state index contributed by atoms with van der Waals surface area (Å²) < 4.78 is 7.79. The van der Waals surface area contributed by atoms with Gasteiger partial charge in [0.15, 0.2) is 5.82 Å². The molecule has 3 aromatic rings. The van der Waals surface area contributed by atoms with E-state index in [1.54, 1.807) is 0 Å². The molecule has 2 atom stereocenters. The van der Waals surface area contributed by atoms with Gasteiger partial charge in [0.2, 0.25) is 0 Å². The van der Waals surface area contributed by atoms with Gasteiger partial charge >= 0.3 is 0 Å². The minimum Gasteiger partial charge on any atom is -0.376 e. The summed E-state index contributed by atoms with van der Waals surface area (Å²) in [5.41, 5.74) is 5.19. The van der Waals surface area contributed by atoms with E-state index < -0.39 is 0 Å². The number of nitrogens with zero attached hydrogens (tertiary/aromatic N) is 6. The quantitative estimate of drug-likeness (QED) is 0.546. The van der Waals surface area contributed by atoms with Crippen LogP contribution in [0.4, 0.5) is 5.69 Å². The van der Waals surface area contributed by atoms with Crippen molar-refractivity contribution in [2.24, 2.45) is 0 Å². The summed E-state index contributed by atoms with van der Waals surface area (Å²) in [6, 6.07) is 14.6. The molecule has 1 aromatic heterocycles. The lowest BCUT2D eigenvalue weighted by Gasteiger charge is -2.40. The topological polar surface area (TPSA) is 59.3 Å². The first kappa shape index (κ1) is 22.3. The molecule has 2 aromatic carbocycles. The fourth-order valence-corrected chi connectivity index (χ4v) is 5.11. The lowest BCUT2D eigenvalue weighted by molar-refractivity contribution is 0.0906. The highest BCUT2D eigenvalue weighted by molar-refractivity contribution is 6.30. The second-order valence-electron chi connectivity index (χ2n) is 9.05. The van der Waals surface area contributed by atoms with Crippen LogP contribution in [-0.4, -0.2) is 64.0 Å². The number of tetrazole rings is 1. The van der Waals surface area contributed by atoms with Crippen LogP contribution in [0.2, 0.25) is 5.02 Å². The van der Waals surface area contributed by atoms with Crippen LogP contribution in [-0.2, 0) is 11.3 Å². The Bertz CT molecular complexity index is 1070. The Balaban J connectivity index is 1.40.